The van der Waals surface area contributed by atoms with E-state index in [2.05, 4.69) is 0 Å². The number of aliphatic hydroxyl groups is 1. The zero-order valence-corrected chi connectivity index (χ0v) is 24.0. The molecule has 1 spiro atoms. The molecule has 0 aliphatic carbocycles. The van der Waals surface area contributed by atoms with Crippen LogP contribution in [0.4, 0.5) is 0 Å². The molecule has 9 nitrogen and oxygen atoms in total. The molecule has 9 heteroatoms. The molecule has 3 aliphatic heterocycles. The minimum Gasteiger partial charge on any atom is -0.393 e. The van der Waals surface area contributed by atoms with Gasteiger partial charge in [0.1, 0.15) is 13.6 Å². The van der Waals surface area contributed by atoms with Crippen molar-refractivity contribution < 1.29 is 43.0 Å². The first-order chi connectivity index (χ1) is 20.1. The molecule has 2 bridgehead atoms. The minimum atomic E-state index is -0.947. The van der Waals surface area contributed by atoms with E-state index >= 15 is 0 Å². The lowest BCUT2D eigenvalue weighted by Crippen LogP contribution is -2.63. The first-order valence-electron chi connectivity index (χ1n) is 14.7. The Bertz CT molecular complexity index is 1020. The van der Waals surface area contributed by atoms with Gasteiger partial charge in [0, 0.05) is 26.4 Å². The van der Waals surface area contributed by atoms with E-state index in [0.29, 0.717) is 71.4 Å². The zero-order valence-electron chi connectivity index (χ0n) is 24.0. The van der Waals surface area contributed by atoms with Crippen LogP contribution in [-0.2, 0) is 51.1 Å². The van der Waals surface area contributed by atoms with Crippen molar-refractivity contribution in [2.24, 2.45) is 0 Å². The molecule has 41 heavy (non-hydrogen) atoms. The number of aliphatic hydroxyl groups excluding tert-OH is 1. The van der Waals surface area contributed by atoms with Crippen LogP contribution in [0.25, 0.3) is 0 Å². The molecule has 5 rings (SSSR count). The van der Waals surface area contributed by atoms with Gasteiger partial charge >= 0.3 is 0 Å². The van der Waals surface area contributed by atoms with Crippen LogP contribution in [-0.4, -0.2) is 75.0 Å². The van der Waals surface area contributed by atoms with Crippen molar-refractivity contribution in [2.75, 3.05) is 33.9 Å². The van der Waals surface area contributed by atoms with E-state index in [1.165, 1.54) is 0 Å². The summed E-state index contributed by atoms with van der Waals surface area (Å²) in [6.45, 7) is 2.45. The summed E-state index contributed by atoms with van der Waals surface area (Å²) in [5.74, 6) is -1.77. The lowest BCUT2D eigenvalue weighted by Gasteiger charge is -2.56. The Balaban J connectivity index is 1.04. The highest BCUT2D eigenvalue weighted by Gasteiger charge is 2.57. The van der Waals surface area contributed by atoms with Gasteiger partial charge in [0.05, 0.1) is 57.3 Å². The molecule has 0 saturated carbocycles. The maximum absolute atomic E-state index is 10.8. The highest BCUT2D eigenvalue weighted by molar-refractivity contribution is 5.14. The summed E-state index contributed by atoms with van der Waals surface area (Å²) in [6, 6.07) is 20.0. The average Bonchev–Trinajstić information content (AvgIpc) is 2.97. The second kappa shape index (κ2) is 15.0. The fraction of sp³-hybridized carbons (Fsp3) is 0.625. The Morgan fingerprint density at radius 1 is 0.732 bits per heavy atom. The summed E-state index contributed by atoms with van der Waals surface area (Å²) < 4.78 is 48.2. The Morgan fingerprint density at radius 3 is 1.90 bits per heavy atom. The molecular weight excluding hydrogens is 528 g/mol. The molecule has 226 valence electrons. The lowest BCUT2D eigenvalue weighted by atomic mass is 9.83. The average molecular weight is 573 g/mol. The second-order valence-electron chi connectivity index (χ2n) is 11.3. The van der Waals surface area contributed by atoms with Crippen LogP contribution in [0.15, 0.2) is 60.7 Å². The number of rotatable bonds is 15. The fourth-order valence-corrected chi connectivity index (χ4v) is 6.11. The molecular formula is C32H44O9. The fourth-order valence-electron chi connectivity index (χ4n) is 6.11. The molecule has 3 heterocycles. The predicted molar refractivity (Wildman–Crippen MR) is 150 cm³/mol. The quantitative estimate of drug-likeness (QED) is 0.241. The van der Waals surface area contributed by atoms with Gasteiger partial charge in [-0.05, 0) is 30.4 Å². The van der Waals surface area contributed by atoms with Crippen LogP contribution in [0, 0.1) is 0 Å². The van der Waals surface area contributed by atoms with E-state index in [4.69, 9.17) is 37.9 Å². The topological polar surface area (TPSA) is 94.1 Å². The standard InChI is InChI=1S/C32H44O9/c1-34-31-19-30(17-29(39-31)13-15-36-24-38-21-26-10-6-3-7-11-26)41-32(22-31)18-27(33)16-28(40-32)12-14-35-23-37-20-25-8-4-2-5-9-25/h2-11,27-30,33H,12-24H2,1H3/t27-,28+,29+,30-,31+,32-/m0/s1. The van der Waals surface area contributed by atoms with Crippen LogP contribution in [0.1, 0.15) is 56.1 Å². The summed E-state index contributed by atoms with van der Waals surface area (Å²) in [4.78, 5) is 0. The van der Waals surface area contributed by atoms with Crippen LogP contribution < -0.4 is 0 Å². The molecule has 1 N–H and O–H groups in total. The monoisotopic (exact) mass is 572 g/mol. The van der Waals surface area contributed by atoms with Gasteiger partial charge < -0.3 is 43.0 Å². The summed E-state index contributed by atoms with van der Waals surface area (Å²) in [7, 11) is 1.67. The number of hydrogen-bond donors (Lipinski definition) is 1. The van der Waals surface area contributed by atoms with Crippen molar-refractivity contribution in [3.63, 3.8) is 0 Å². The van der Waals surface area contributed by atoms with Crippen molar-refractivity contribution in [1.29, 1.82) is 0 Å². The van der Waals surface area contributed by atoms with E-state index in [0.717, 1.165) is 11.1 Å². The normalized spacial score (nSPS) is 31.4. The van der Waals surface area contributed by atoms with Crippen LogP contribution in [0.5, 0.6) is 0 Å². The largest absolute Gasteiger partial charge is 0.393 e. The van der Waals surface area contributed by atoms with Gasteiger partial charge in [0.25, 0.3) is 0 Å². The third-order valence-corrected chi connectivity index (χ3v) is 7.93. The van der Waals surface area contributed by atoms with Crippen molar-refractivity contribution in [3.8, 4) is 0 Å². The molecule has 0 aromatic heterocycles. The van der Waals surface area contributed by atoms with Crippen molar-refractivity contribution in [2.45, 2.75) is 94.1 Å². The Kier molecular flexibility index (Phi) is 11.2. The number of ether oxygens (including phenoxy) is 8. The highest BCUT2D eigenvalue weighted by atomic mass is 16.7. The molecule has 0 unspecified atom stereocenters. The third-order valence-electron chi connectivity index (χ3n) is 7.93. The third kappa shape index (κ3) is 9.03. The van der Waals surface area contributed by atoms with Crippen LogP contribution in [0.2, 0.25) is 0 Å². The molecule has 3 aliphatic rings. The Labute approximate surface area is 242 Å². The Morgan fingerprint density at radius 2 is 1.32 bits per heavy atom. The lowest BCUT2D eigenvalue weighted by molar-refractivity contribution is -0.416. The highest BCUT2D eigenvalue weighted by Crippen LogP contribution is 2.49. The summed E-state index contributed by atoms with van der Waals surface area (Å²) in [6.07, 6.45) is 3.15. The molecule has 3 saturated heterocycles. The van der Waals surface area contributed by atoms with Gasteiger partial charge in [0.2, 0.25) is 0 Å². The van der Waals surface area contributed by atoms with Crippen molar-refractivity contribution in [3.05, 3.63) is 71.8 Å². The van der Waals surface area contributed by atoms with Crippen LogP contribution in [0.3, 0.4) is 0 Å². The van der Waals surface area contributed by atoms with Gasteiger partial charge in [-0.25, -0.2) is 0 Å². The Hall–Kier alpha value is -1.92. The van der Waals surface area contributed by atoms with Gasteiger partial charge in [-0.1, -0.05) is 60.7 Å². The molecule has 0 radical (unpaired) electrons. The minimum absolute atomic E-state index is 0.0613. The van der Waals surface area contributed by atoms with Gasteiger partial charge in [-0.2, -0.15) is 0 Å². The first kappa shape index (κ1) is 30.5. The molecule has 3 fully saturated rings. The summed E-state index contributed by atoms with van der Waals surface area (Å²) >= 11 is 0. The van der Waals surface area contributed by atoms with E-state index in [9.17, 15) is 5.11 Å². The van der Waals surface area contributed by atoms with Gasteiger partial charge in [-0.3, -0.25) is 0 Å². The smallest absolute Gasteiger partial charge is 0.176 e. The van der Waals surface area contributed by atoms with Crippen molar-refractivity contribution >= 4 is 0 Å². The molecule has 2 aromatic carbocycles. The first-order valence-corrected chi connectivity index (χ1v) is 14.7. The molecule has 0 amide bonds. The SMILES string of the molecule is CO[C@]12C[C@H](C[C@@H](CCOCOCc3ccccc3)O1)O[C@@]1(C[C@@H](O)C[C@@H](CCOCOCc3ccccc3)O1)C2. The number of methoxy groups -OCH3 is 1. The van der Waals surface area contributed by atoms with Gasteiger partial charge in [0.15, 0.2) is 11.6 Å². The summed E-state index contributed by atoms with van der Waals surface area (Å²) in [5.41, 5.74) is 2.22. The summed E-state index contributed by atoms with van der Waals surface area (Å²) in [5, 5.41) is 10.8. The maximum atomic E-state index is 10.8. The number of hydrogen-bond acceptors (Lipinski definition) is 9. The second-order valence-corrected chi connectivity index (χ2v) is 11.3. The number of benzene rings is 2. The molecule has 6 atom stereocenters. The van der Waals surface area contributed by atoms with Crippen molar-refractivity contribution in [1.82, 2.24) is 0 Å². The van der Waals surface area contributed by atoms with E-state index < -0.39 is 17.7 Å². The molecule has 2 aromatic rings. The zero-order chi connectivity index (χ0) is 28.4. The maximum Gasteiger partial charge on any atom is 0.176 e. The van der Waals surface area contributed by atoms with E-state index in [1.807, 2.05) is 60.7 Å². The number of fused-ring (bicyclic) bond motifs is 2. The van der Waals surface area contributed by atoms with Crippen LogP contribution >= 0.6 is 0 Å². The van der Waals surface area contributed by atoms with E-state index in [-0.39, 0.29) is 31.9 Å². The predicted octanol–water partition coefficient (Wildman–Crippen LogP) is 4.70. The van der Waals surface area contributed by atoms with E-state index in [1.54, 1.807) is 7.11 Å². The van der Waals surface area contributed by atoms with Gasteiger partial charge in [-0.15, -0.1) is 0 Å².